The summed E-state index contributed by atoms with van der Waals surface area (Å²) in [6.45, 7) is 5.70. The van der Waals surface area contributed by atoms with Gasteiger partial charge in [0.2, 0.25) is 5.91 Å². The van der Waals surface area contributed by atoms with E-state index in [-0.39, 0.29) is 12.5 Å². The van der Waals surface area contributed by atoms with Gasteiger partial charge in [-0.25, -0.2) is 4.79 Å². The van der Waals surface area contributed by atoms with E-state index in [2.05, 4.69) is 5.32 Å². The summed E-state index contributed by atoms with van der Waals surface area (Å²) in [5.74, 6) is -0.263. The molecular formula is C18H26N2O4. The Morgan fingerprint density at radius 1 is 1.33 bits per heavy atom. The number of carbonyl (C=O) groups excluding carboxylic acids is 2. The Morgan fingerprint density at radius 3 is 2.58 bits per heavy atom. The van der Waals surface area contributed by atoms with Crippen molar-refractivity contribution < 1.29 is 19.4 Å². The molecule has 0 radical (unpaired) electrons. The van der Waals surface area contributed by atoms with E-state index in [1.54, 1.807) is 20.8 Å². The number of aliphatic hydroxyl groups is 1. The molecule has 2 N–H and O–H groups in total. The first-order valence-electron chi connectivity index (χ1n) is 8.27. The van der Waals surface area contributed by atoms with Crippen molar-refractivity contribution in [1.29, 1.82) is 0 Å². The molecule has 0 aliphatic carbocycles. The SMILES string of the molecule is CC(C)(C)OC(=O)N1CCC[C@H]1C(=O)NC(CO)c1ccccc1. The normalized spacial score (nSPS) is 19.0. The van der Waals surface area contributed by atoms with Crippen LogP contribution in [0, 0.1) is 0 Å². The summed E-state index contributed by atoms with van der Waals surface area (Å²) in [6, 6.07) is 8.24. The third-order valence-corrected chi connectivity index (χ3v) is 3.88. The quantitative estimate of drug-likeness (QED) is 0.885. The number of carbonyl (C=O) groups is 2. The van der Waals surface area contributed by atoms with Gasteiger partial charge in [0, 0.05) is 6.54 Å². The Hall–Kier alpha value is -2.08. The van der Waals surface area contributed by atoms with E-state index < -0.39 is 23.8 Å². The van der Waals surface area contributed by atoms with Crippen LogP contribution in [0.5, 0.6) is 0 Å². The van der Waals surface area contributed by atoms with Crippen molar-refractivity contribution in [2.45, 2.75) is 51.3 Å². The second kappa shape index (κ2) is 7.66. The molecule has 1 aliphatic rings. The van der Waals surface area contributed by atoms with E-state index >= 15 is 0 Å². The zero-order chi connectivity index (χ0) is 17.7. The Labute approximate surface area is 142 Å². The molecule has 2 atom stereocenters. The first-order chi connectivity index (χ1) is 11.3. The fourth-order valence-electron chi connectivity index (χ4n) is 2.77. The molecule has 1 unspecified atom stereocenters. The van der Waals surface area contributed by atoms with Crippen LogP contribution in [0.2, 0.25) is 0 Å². The first-order valence-corrected chi connectivity index (χ1v) is 8.27. The van der Waals surface area contributed by atoms with Gasteiger partial charge in [-0.2, -0.15) is 0 Å². The average molecular weight is 334 g/mol. The molecule has 0 saturated carbocycles. The minimum atomic E-state index is -0.599. The van der Waals surface area contributed by atoms with Crippen molar-refractivity contribution in [3.05, 3.63) is 35.9 Å². The van der Waals surface area contributed by atoms with Gasteiger partial charge >= 0.3 is 6.09 Å². The minimum absolute atomic E-state index is 0.199. The molecule has 1 aromatic rings. The van der Waals surface area contributed by atoms with E-state index in [1.807, 2.05) is 30.3 Å². The van der Waals surface area contributed by atoms with Crippen LogP contribution in [0.25, 0.3) is 0 Å². The lowest BCUT2D eigenvalue weighted by atomic mass is 10.1. The summed E-state index contributed by atoms with van der Waals surface area (Å²) in [5, 5.41) is 12.4. The van der Waals surface area contributed by atoms with Crippen LogP contribution in [0.1, 0.15) is 45.2 Å². The van der Waals surface area contributed by atoms with Gasteiger partial charge in [0.1, 0.15) is 11.6 Å². The molecule has 132 valence electrons. The summed E-state index contributed by atoms with van der Waals surface area (Å²) in [4.78, 5) is 26.3. The van der Waals surface area contributed by atoms with Crippen LogP contribution in [-0.4, -0.2) is 46.8 Å². The molecule has 1 fully saturated rings. The van der Waals surface area contributed by atoms with Gasteiger partial charge < -0.3 is 15.2 Å². The summed E-state index contributed by atoms with van der Waals surface area (Å²) in [7, 11) is 0. The highest BCUT2D eigenvalue weighted by atomic mass is 16.6. The molecule has 1 heterocycles. The van der Waals surface area contributed by atoms with Gasteiger partial charge in [0.25, 0.3) is 0 Å². The maximum absolute atomic E-state index is 12.6. The first kappa shape index (κ1) is 18.3. The van der Waals surface area contributed by atoms with Crippen molar-refractivity contribution in [3.8, 4) is 0 Å². The number of nitrogens with zero attached hydrogens (tertiary/aromatic N) is 1. The van der Waals surface area contributed by atoms with Crippen LogP contribution < -0.4 is 5.32 Å². The van der Waals surface area contributed by atoms with Crippen molar-refractivity contribution in [3.63, 3.8) is 0 Å². The molecule has 1 aliphatic heterocycles. The monoisotopic (exact) mass is 334 g/mol. The maximum atomic E-state index is 12.6. The van der Waals surface area contributed by atoms with Crippen LogP contribution in [-0.2, 0) is 9.53 Å². The van der Waals surface area contributed by atoms with Crippen molar-refractivity contribution >= 4 is 12.0 Å². The zero-order valence-electron chi connectivity index (χ0n) is 14.5. The lowest BCUT2D eigenvalue weighted by Gasteiger charge is -2.29. The number of ether oxygens (including phenoxy) is 1. The molecule has 6 heteroatoms. The summed E-state index contributed by atoms with van der Waals surface area (Å²) < 4.78 is 5.38. The van der Waals surface area contributed by atoms with Gasteiger partial charge in [0.05, 0.1) is 12.6 Å². The molecule has 6 nitrogen and oxygen atoms in total. The van der Waals surface area contributed by atoms with E-state index in [0.717, 1.165) is 12.0 Å². The molecule has 1 saturated heterocycles. The number of rotatable bonds is 4. The third-order valence-electron chi connectivity index (χ3n) is 3.88. The molecule has 1 aromatic carbocycles. The molecule has 2 rings (SSSR count). The molecule has 0 aromatic heterocycles. The van der Waals surface area contributed by atoms with Gasteiger partial charge in [-0.1, -0.05) is 30.3 Å². The van der Waals surface area contributed by atoms with Crippen molar-refractivity contribution in [2.75, 3.05) is 13.2 Å². The van der Waals surface area contributed by atoms with Gasteiger partial charge in [-0.3, -0.25) is 9.69 Å². The van der Waals surface area contributed by atoms with Gasteiger partial charge in [-0.05, 0) is 39.2 Å². The fourth-order valence-corrected chi connectivity index (χ4v) is 2.77. The number of amides is 2. The number of hydrogen-bond acceptors (Lipinski definition) is 4. The summed E-state index contributed by atoms with van der Waals surface area (Å²) in [6.07, 6.45) is 0.880. The van der Waals surface area contributed by atoms with Crippen molar-refractivity contribution in [2.24, 2.45) is 0 Å². The Bertz CT molecular complexity index is 568. The molecule has 2 amide bonds. The molecule has 0 bridgehead atoms. The van der Waals surface area contributed by atoms with E-state index in [0.29, 0.717) is 13.0 Å². The Balaban J connectivity index is 2.03. The standard InChI is InChI=1S/C18H26N2O4/c1-18(2,3)24-17(23)20-11-7-10-15(20)16(22)19-14(12-21)13-8-5-4-6-9-13/h4-6,8-9,14-15,21H,7,10-12H2,1-3H3,(H,19,22)/t14?,15-/m0/s1. The number of nitrogens with one attached hydrogen (secondary N) is 1. The number of likely N-dealkylation sites (tertiary alicyclic amines) is 1. The highest BCUT2D eigenvalue weighted by molar-refractivity contribution is 5.86. The predicted octanol–water partition coefficient (Wildman–Crippen LogP) is 2.24. The summed E-state index contributed by atoms with van der Waals surface area (Å²) >= 11 is 0. The van der Waals surface area contributed by atoms with Crippen molar-refractivity contribution in [1.82, 2.24) is 10.2 Å². The molecule has 24 heavy (non-hydrogen) atoms. The Morgan fingerprint density at radius 2 is 2.00 bits per heavy atom. The van der Waals surface area contributed by atoms with Crippen LogP contribution in [0.15, 0.2) is 30.3 Å². The Kier molecular flexibility index (Phi) is 5.83. The predicted molar refractivity (Wildman–Crippen MR) is 90.4 cm³/mol. The largest absolute Gasteiger partial charge is 0.444 e. The highest BCUT2D eigenvalue weighted by Gasteiger charge is 2.37. The average Bonchev–Trinajstić information content (AvgIpc) is 3.01. The van der Waals surface area contributed by atoms with Gasteiger partial charge in [0.15, 0.2) is 0 Å². The van der Waals surface area contributed by atoms with E-state index in [9.17, 15) is 14.7 Å². The van der Waals surface area contributed by atoms with E-state index in [1.165, 1.54) is 4.90 Å². The number of hydrogen-bond donors (Lipinski definition) is 2. The second-order valence-corrected chi connectivity index (χ2v) is 6.99. The number of aliphatic hydroxyl groups excluding tert-OH is 1. The minimum Gasteiger partial charge on any atom is -0.444 e. The zero-order valence-corrected chi connectivity index (χ0v) is 14.5. The lowest BCUT2D eigenvalue weighted by Crippen LogP contribution is -2.48. The van der Waals surface area contributed by atoms with Crippen LogP contribution in [0.4, 0.5) is 4.79 Å². The molecule has 0 spiro atoms. The van der Waals surface area contributed by atoms with Crippen LogP contribution in [0.3, 0.4) is 0 Å². The second-order valence-electron chi connectivity index (χ2n) is 6.99. The fraction of sp³-hybridized carbons (Fsp3) is 0.556. The summed E-state index contributed by atoms with van der Waals surface area (Å²) in [5.41, 5.74) is 0.230. The topological polar surface area (TPSA) is 78.9 Å². The third kappa shape index (κ3) is 4.71. The highest BCUT2D eigenvalue weighted by Crippen LogP contribution is 2.22. The van der Waals surface area contributed by atoms with Crippen LogP contribution >= 0.6 is 0 Å². The maximum Gasteiger partial charge on any atom is 0.410 e. The molecular weight excluding hydrogens is 308 g/mol. The smallest absolute Gasteiger partial charge is 0.410 e. The van der Waals surface area contributed by atoms with E-state index in [4.69, 9.17) is 4.74 Å². The number of benzene rings is 1. The van der Waals surface area contributed by atoms with Gasteiger partial charge in [-0.15, -0.1) is 0 Å². The lowest BCUT2D eigenvalue weighted by molar-refractivity contribution is -0.126.